The number of rotatable bonds is 5. The highest BCUT2D eigenvalue weighted by atomic mass is 16.5. The van der Waals surface area contributed by atoms with Crippen LogP contribution < -0.4 is 5.32 Å². The van der Waals surface area contributed by atoms with Crippen LogP contribution in [0.2, 0.25) is 0 Å². The minimum atomic E-state index is 0.221. The van der Waals surface area contributed by atoms with Gasteiger partial charge >= 0.3 is 0 Å². The van der Waals surface area contributed by atoms with E-state index in [1.165, 1.54) is 0 Å². The number of nitrogens with one attached hydrogen (secondary N) is 1. The summed E-state index contributed by atoms with van der Waals surface area (Å²) in [5, 5.41) is 3.43. The van der Waals surface area contributed by atoms with E-state index >= 15 is 0 Å². The molecular formula is C9H21NO. The molecule has 0 saturated heterocycles. The van der Waals surface area contributed by atoms with E-state index in [4.69, 9.17) is 4.74 Å². The van der Waals surface area contributed by atoms with E-state index in [-0.39, 0.29) is 5.54 Å². The molecule has 0 rings (SSSR count). The molecule has 0 unspecified atom stereocenters. The lowest BCUT2D eigenvalue weighted by atomic mass is 9.91. The Balaban J connectivity index is 3.55. The lowest BCUT2D eigenvalue weighted by Gasteiger charge is -2.30. The van der Waals surface area contributed by atoms with E-state index in [9.17, 15) is 0 Å². The molecule has 0 spiro atoms. The Hall–Kier alpha value is -0.0800. The quantitative estimate of drug-likeness (QED) is 0.616. The van der Waals surface area contributed by atoms with Gasteiger partial charge in [0.05, 0.1) is 6.61 Å². The average molecular weight is 159 g/mol. The summed E-state index contributed by atoms with van der Waals surface area (Å²) < 4.78 is 4.95. The number of ether oxygens (including phenoxy) is 1. The van der Waals surface area contributed by atoms with Crippen molar-refractivity contribution >= 4 is 0 Å². The van der Waals surface area contributed by atoms with Gasteiger partial charge in [-0.05, 0) is 19.8 Å². The molecule has 0 radical (unpaired) electrons. The molecular weight excluding hydrogens is 138 g/mol. The van der Waals surface area contributed by atoms with Crippen LogP contribution in [-0.4, -0.2) is 25.8 Å². The van der Waals surface area contributed by atoms with Crippen LogP contribution in [0.25, 0.3) is 0 Å². The predicted molar refractivity (Wildman–Crippen MR) is 48.8 cm³/mol. The zero-order chi connectivity index (χ0) is 8.91. The highest BCUT2D eigenvalue weighted by molar-refractivity contribution is 4.80. The van der Waals surface area contributed by atoms with Crippen molar-refractivity contribution in [2.75, 3.05) is 20.3 Å². The first-order valence-electron chi connectivity index (χ1n) is 4.24. The zero-order valence-electron chi connectivity index (χ0n) is 8.40. The summed E-state index contributed by atoms with van der Waals surface area (Å²) in [6, 6.07) is 0. The van der Waals surface area contributed by atoms with Crippen LogP contribution in [0.3, 0.4) is 0 Å². The van der Waals surface area contributed by atoms with Crippen LogP contribution in [0.4, 0.5) is 0 Å². The SMILES string of the molecule is COCCNC(C)(C)C(C)C. The maximum atomic E-state index is 4.95. The van der Waals surface area contributed by atoms with Crippen molar-refractivity contribution in [1.29, 1.82) is 0 Å². The fraction of sp³-hybridized carbons (Fsp3) is 1.00. The van der Waals surface area contributed by atoms with Gasteiger partial charge in [-0.3, -0.25) is 0 Å². The molecule has 0 aliphatic rings. The zero-order valence-corrected chi connectivity index (χ0v) is 8.40. The summed E-state index contributed by atoms with van der Waals surface area (Å²) in [4.78, 5) is 0. The molecule has 11 heavy (non-hydrogen) atoms. The second-order valence-corrected chi connectivity index (χ2v) is 3.80. The molecule has 0 aromatic heterocycles. The van der Waals surface area contributed by atoms with Crippen molar-refractivity contribution in [3.63, 3.8) is 0 Å². The maximum absolute atomic E-state index is 4.95. The Bertz CT molecular complexity index is 99.7. The monoisotopic (exact) mass is 159 g/mol. The Labute approximate surface area is 70.3 Å². The molecule has 0 bridgehead atoms. The number of hydrogen-bond acceptors (Lipinski definition) is 2. The van der Waals surface area contributed by atoms with E-state index < -0.39 is 0 Å². The van der Waals surface area contributed by atoms with Crippen LogP contribution >= 0.6 is 0 Å². The first-order valence-corrected chi connectivity index (χ1v) is 4.24. The van der Waals surface area contributed by atoms with E-state index in [1.807, 2.05) is 0 Å². The Morgan fingerprint density at radius 2 is 1.91 bits per heavy atom. The molecule has 0 fully saturated rings. The molecule has 68 valence electrons. The van der Waals surface area contributed by atoms with Crippen molar-refractivity contribution in [2.24, 2.45) is 5.92 Å². The van der Waals surface area contributed by atoms with Gasteiger partial charge in [0, 0.05) is 19.2 Å². The van der Waals surface area contributed by atoms with Crippen molar-refractivity contribution < 1.29 is 4.74 Å². The topological polar surface area (TPSA) is 21.3 Å². The van der Waals surface area contributed by atoms with Gasteiger partial charge < -0.3 is 10.1 Å². The first kappa shape index (κ1) is 10.9. The van der Waals surface area contributed by atoms with Gasteiger partial charge in [-0.2, -0.15) is 0 Å². The van der Waals surface area contributed by atoms with Crippen molar-refractivity contribution in [2.45, 2.75) is 33.2 Å². The Morgan fingerprint density at radius 1 is 1.36 bits per heavy atom. The smallest absolute Gasteiger partial charge is 0.0587 e. The van der Waals surface area contributed by atoms with Crippen molar-refractivity contribution in [1.82, 2.24) is 5.32 Å². The third-order valence-electron chi connectivity index (χ3n) is 2.33. The molecule has 2 nitrogen and oxygen atoms in total. The minimum Gasteiger partial charge on any atom is -0.383 e. The highest BCUT2D eigenvalue weighted by Gasteiger charge is 2.20. The standard InChI is InChI=1S/C9H21NO/c1-8(2)9(3,4)10-6-7-11-5/h8,10H,6-7H2,1-5H3. The third kappa shape index (κ3) is 4.38. The molecule has 0 aliphatic carbocycles. The molecule has 2 heteroatoms. The van der Waals surface area contributed by atoms with E-state index in [2.05, 4.69) is 33.0 Å². The molecule has 0 saturated carbocycles. The second kappa shape index (κ2) is 4.73. The molecule has 0 aliphatic heterocycles. The Morgan fingerprint density at radius 3 is 2.27 bits per heavy atom. The van der Waals surface area contributed by atoms with Gasteiger partial charge in [0.2, 0.25) is 0 Å². The maximum Gasteiger partial charge on any atom is 0.0587 e. The lowest BCUT2D eigenvalue weighted by molar-refractivity contribution is 0.179. The molecule has 0 aromatic carbocycles. The fourth-order valence-electron chi connectivity index (χ4n) is 0.679. The predicted octanol–water partition coefficient (Wildman–Crippen LogP) is 1.66. The van der Waals surface area contributed by atoms with Crippen molar-refractivity contribution in [3.05, 3.63) is 0 Å². The molecule has 0 atom stereocenters. The minimum absolute atomic E-state index is 0.221. The normalized spacial score (nSPS) is 12.5. The third-order valence-corrected chi connectivity index (χ3v) is 2.33. The number of hydrogen-bond donors (Lipinski definition) is 1. The first-order chi connectivity index (χ1) is 5.00. The van der Waals surface area contributed by atoms with E-state index in [0.29, 0.717) is 5.92 Å². The summed E-state index contributed by atoms with van der Waals surface area (Å²) in [6.07, 6.45) is 0. The summed E-state index contributed by atoms with van der Waals surface area (Å²) in [5.41, 5.74) is 0.221. The van der Waals surface area contributed by atoms with E-state index in [1.54, 1.807) is 7.11 Å². The van der Waals surface area contributed by atoms with Crippen LogP contribution in [0.15, 0.2) is 0 Å². The summed E-state index contributed by atoms with van der Waals surface area (Å²) in [7, 11) is 1.73. The van der Waals surface area contributed by atoms with Crippen LogP contribution in [0.5, 0.6) is 0 Å². The van der Waals surface area contributed by atoms with Gasteiger partial charge in [-0.15, -0.1) is 0 Å². The highest BCUT2D eigenvalue weighted by Crippen LogP contribution is 2.14. The summed E-state index contributed by atoms with van der Waals surface area (Å²) in [6.45, 7) is 10.6. The molecule has 0 aromatic rings. The van der Waals surface area contributed by atoms with Gasteiger partial charge in [0.1, 0.15) is 0 Å². The van der Waals surface area contributed by atoms with Gasteiger partial charge in [-0.25, -0.2) is 0 Å². The fourth-order valence-corrected chi connectivity index (χ4v) is 0.679. The summed E-state index contributed by atoms with van der Waals surface area (Å²) in [5.74, 6) is 0.652. The Kier molecular flexibility index (Phi) is 4.69. The van der Waals surface area contributed by atoms with Crippen LogP contribution in [0.1, 0.15) is 27.7 Å². The van der Waals surface area contributed by atoms with Gasteiger partial charge in [-0.1, -0.05) is 13.8 Å². The molecule has 0 heterocycles. The second-order valence-electron chi connectivity index (χ2n) is 3.80. The largest absolute Gasteiger partial charge is 0.383 e. The molecule has 0 amide bonds. The van der Waals surface area contributed by atoms with Crippen LogP contribution in [-0.2, 0) is 4.74 Å². The molecule has 1 N–H and O–H groups in total. The van der Waals surface area contributed by atoms with Crippen LogP contribution in [0, 0.1) is 5.92 Å². The summed E-state index contributed by atoms with van der Waals surface area (Å²) >= 11 is 0. The van der Waals surface area contributed by atoms with Crippen molar-refractivity contribution in [3.8, 4) is 0 Å². The van der Waals surface area contributed by atoms with Gasteiger partial charge in [0.25, 0.3) is 0 Å². The van der Waals surface area contributed by atoms with E-state index in [0.717, 1.165) is 13.2 Å². The van der Waals surface area contributed by atoms with Gasteiger partial charge in [0.15, 0.2) is 0 Å². The lowest BCUT2D eigenvalue weighted by Crippen LogP contribution is -2.45. The number of methoxy groups -OCH3 is 1. The average Bonchev–Trinajstić information content (AvgIpc) is 1.88.